The zero-order valence-corrected chi connectivity index (χ0v) is 17.9. The number of nitrogens with zero attached hydrogens (tertiary/aromatic N) is 2. The first kappa shape index (κ1) is 30.5. The Morgan fingerprint density at radius 1 is 0.742 bits per heavy atom. The zero-order chi connectivity index (χ0) is 20.2. The van der Waals surface area contributed by atoms with E-state index in [0.717, 1.165) is 25.2 Å². The normalized spacial score (nSPS) is 10.5. The molecule has 7 N–H and O–H groups in total. The fraction of sp³-hybridized carbons (Fsp3) is 0.300. The molecule has 0 aliphatic rings. The van der Waals surface area contributed by atoms with Gasteiger partial charge in [-0.2, -0.15) is 0 Å². The van der Waals surface area contributed by atoms with E-state index >= 15 is 0 Å². The Labute approximate surface area is 191 Å². The average Bonchev–Trinajstić information content (AvgIpc) is 2.65. The molecular formula is C20H27FeN4O6. The standard InChI is InChI=1S/C20H26N4O4.Fe.2H2O/c25-17-3-1-15(19(27)11-17)13-23-9-7-21-5-6-22-8-10-24-14-16-2-4-18(26)12-20(16)28;;;/h1-4,11-14,21-22,25-28H,5-10H2;;2*1H2/q;+3;;/p-3. The van der Waals surface area contributed by atoms with Crippen LogP contribution in [0.5, 0.6) is 23.0 Å². The second-order valence-electron chi connectivity index (χ2n) is 5.99. The van der Waals surface area contributed by atoms with Crippen LogP contribution >= 0.6 is 0 Å². The summed E-state index contributed by atoms with van der Waals surface area (Å²) in [5.74, 6) is -0.905. The fourth-order valence-corrected chi connectivity index (χ4v) is 2.29. The number of rotatable bonds is 11. The van der Waals surface area contributed by atoms with Gasteiger partial charge in [0, 0.05) is 38.6 Å². The second kappa shape index (κ2) is 17.1. The maximum absolute atomic E-state index is 11.6. The van der Waals surface area contributed by atoms with Crippen molar-refractivity contribution >= 4 is 12.4 Å². The van der Waals surface area contributed by atoms with E-state index in [0.29, 0.717) is 37.3 Å². The van der Waals surface area contributed by atoms with Gasteiger partial charge in [-0.25, -0.2) is 0 Å². The van der Waals surface area contributed by atoms with E-state index in [-0.39, 0.29) is 51.0 Å². The largest absolute Gasteiger partial charge is 3.00 e. The minimum absolute atomic E-state index is 0. The van der Waals surface area contributed by atoms with Crippen LogP contribution in [0.3, 0.4) is 0 Å². The third-order valence-electron chi connectivity index (χ3n) is 3.76. The summed E-state index contributed by atoms with van der Waals surface area (Å²) in [6, 6.07) is 8.04. The number of aromatic hydroxyl groups is 1. The minimum atomic E-state index is -0.312. The monoisotopic (exact) mass is 475 g/mol. The van der Waals surface area contributed by atoms with E-state index in [1.54, 1.807) is 0 Å². The van der Waals surface area contributed by atoms with Gasteiger partial charge in [-0.1, -0.05) is 30.0 Å². The predicted molar refractivity (Wildman–Crippen MR) is 111 cm³/mol. The van der Waals surface area contributed by atoms with Gasteiger partial charge in [0.05, 0.1) is 13.1 Å². The van der Waals surface area contributed by atoms with Gasteiger partial charge in [-0.3, -0.25) is 9.98 Å². The molecule has 2 aromatic rings. The molecule has 0 spiro atoms. The summed E-state index contributed by atoms with van der Waals surface area (Å²) in [5.41, 5.74) is 0.867. The summed E-state index contributed by atoms with van der Waals surface area (Å²) in [4.78, 5) is 8.34. The van der Waals surface area contributed by atoms with Crippen molar-refractivity contribution in [1.82, 2.24) is 10.6 Å². The Balaban J connectivity index is 0. The van der Waals surface area contributed by atoms with Crippen LogP contribution in [0.15, 0.2) is 46.4 Å². The molecule has 0 aromatic heterocycles. The molecule has 2 aromatic carbocycles. The molecule has 31 heavy (non-hydrogen) atoms. The molecule has 0 aliphatic heterocycles. The molecule has 0 saturated carbocycles. The molecule has 0 heterocycles. The third-order valence-corrected chi connectivity index (χ3v) is 3.76. The van der Waals surface area contributed by atoms with Gasteiger partial charge in [0.15, 0.2) is 0 Å². The van der Waals surface area contributed by atoms with Crippen molar-refractivity contribution in [1.29, 1.82) is 0 Å². The third kappa shape index (κ3) is 11.9. The first-order chi connectivity index (χ1) is 13.6. The predicted octanol–water partition coefficient (Wildman–Crippen LogP) is -2.32. The van der Waals surface area contributed by atoms with Crippen molar-refractivity contribution in [3.63, 3.8) is 0 Å². The number of phenolic OH excluding ortho intramolecular Hbond substituents is 1. The average molecular weight is 475 g/mol. The molecule has 0 saturated heterocycles. The maximum Gasteiger partial charge on any atom is 3.00 e. The second-order valence-corrected chi connectivity index (χ2v) is 5.99. The SMILES string of the molecule is O.O.[Fe+3].[O-]c1ccc(C=NCCNCCNCCN=Cc2ccc(O)cc2[O-])c([O-])c1. The number of phenols is 1. The maximum atomic E-state index is 11.6. The number of nitrogens with one attached hydrogen (secondary N) is 2. The van der Waals surface area contributed by atoms with Gasteiger partial charge >= 0.3 is 17.1 Å². The molecule has 0 fully saturated rings. The Morgan fingerprint density at radius 2 is 1.23 bits per heavy atom. The van der Waals surface area contributed by atoms with Crippen LogP contribution in [-0.2, 0) is 17.1 Å². The quantitative estimate of drug-likeness (QED) is 0.185. The Bertz CT molecular complexity index is 753. The van der Waals surface area contributed by atoms with E-state index in [2.05, 4.69) is 20.6 Å². The molecule has 0 bridgehead atoms. The van der Waals surface area contributed by atoms with Gasteiger partial charge in [-0.15, -0.1) is 11.5 Å². The fourth-order valence-electron chi connectivity index (χ4n) is 2.29. The van der Waals surface area contributed by atoms with Gasteiger partial charge in [0.25, 0.3) is 0 Å². The summed E-state index contributed by atoms with van der Waals surface area (Å²) in [7, 11) is 0. The first-order valence-corrected chi connectivity index (χ1v) is 8.95. The zero-order valence-electron chi connectivity index (χ0n) is 16.8. The van der Waals surface area contributed by atoms with Crippen LogP contribution in [0.4, 0.5) is 0 Å². The van der Waals surface area contributed by atoms with Crippen LogP contribution in [0.1, 0.15) is 11.1 Å². The molecule has 0 amide bonds. The molecule has 10 nitrogen and oxygen atoms in total. The van der Waals surface area contributed by atoms with Crippen molar-refractivity contribution in [2.24, 2.45) is 9.98 Å². The summed E-state index contributed by atoms with van der Waals surface area (Å²) in [6.07, 6.45) is 3.00. The number of benzene rings is 2. The molecular weight excluding hydrogens is 448 g/mol. The van der Waals surface area contributed by atoms with Crippen LogP contribution in [-0.4, -0.2) is 67.8 Å². The van der Waals surface area contributed by atoms with E-state index in [9.17, 15) is 20.4 Å². The molecule has 171 valence electrons. The Hall–Kier alpha value is -2.66. The Morgan fingerprint density at radius 3 is 1.71 bits per heavy atom. The summed E-state index contributed by atoms with van der Waals surface area (Å²) < 4.78 is 0. The van der Waals surface area contributed by atoms with Gasteiger partial charge in [-0.05, 0) is 23.3 Å². The molecule has 0 unspecified atom stereocenters. The van der Waals surface area contributed by atoms with Gasteiger partial charge in [0.2, 0.25) is 0 Å². The van der Waals surface area contributed by atoms with E-state index in [4.69, 9.17) is 0 Å². The van der Waals surface area contributed by atoms with Crippen molar-refractivity contribution in [3.8, 4) is 23.0 Å². The molecule has 2 rings (SSSR count). The van der Waals surface area contributed by atoms with Crippen molar-refractivity contribution in [3.05, 3.63) is 47.5 Å². The van der Waals surface area contributed by atoms with Crippen LogP contribution in [0, 0.1) is 0 Å². The molecule has 0 atom stereocenters. The molecule has 11 heteroatoms. The smallest absolute Gasteiger partial charge is 0.872 e. The van der Waals surface area contributed by atoms with E-state index in [1.807, 2.05) is 0 Å². The number of hydrogen-bond acceptors (Lipinski definition) is 8. The van der Waals surface area contributed by atoms with Gasteiger partial charge in [0.1, 0.15) is 5.75 Å². The number of hydrogen-bond donors (Lipinski definition) is 3. The van der Waals surface area contributed by atoms with Crippen LogP contribution in [0.2, 0.25) is 0 Å². The van der Waals surface area contributed by atoms with E-state index < -0.39 is 0 Å². The summed E-state index contributed by atoms with van der Waals surface area (Å²) >= 11 is 0. The molecule has 0 aliphatic carbocycles. The summed E-state index contributed by atoms with van der Waals surface area (Å²) in [6.45, 7) is 3.97. The molecule has 1 radical (unpaired) electrons. The minimum Gasteiger partial charge on any atom is -0.872 e. The van der Waals surface area contributed by atoms with Crippen LogP contribution in [0.25, 0.3) is 0 Å². The van der Waals surface area contributed by atoms with Crippen LogP contribution < -0.4 is 26.0 Å². The number of aliphatic imine (C=N–C) groups is 2. The topological polar surface area (TPSA) is 201 Å². The van der Waals surface area contributed by atoms with Crippen molar-refractivity contribution in [2.45, 2.75) is 0 Å². The first-order valence-electron chi connectivity index (χ1n) is 8.95. The van der Waals surface area contributed by atoms with Gasteiger partial charge < -0.3 is 42.0 Å². The van der Waals surface area contributed by atoms with Crippen molar-refractivity contribution < 1.29 is 48.4 Å². The Kier molecular flexibility index (Phi) is 16.8. The summed E-state index contributed by atoms with van der Waals surface area (Å²) in [5, 5.41) is 49.7. The van der Waals surface area contributed by atoms with Crippen molar-refractivity contribution in [2.75, 3.05) is 39.3 Å². The van der Waals surface area contributed by atoms with E-state index in [1.165, 1.54) is 36.7 Å².